The average molecular weight is 457 g/mol. The van der Waals surface area contributed by atoms with Gasteiger partial charge < -0.3 is 9.42 Å². The standard InChI is InChI=1S/C23H25ClN4O4/c1-2-12-27(14-19-25-21(26-32-19)15-7-9-16(24)10-8-15)20(29)11-13-28-22(30)17-5-3-4-6-18(17)23(28)31/h3-4,7-10,17-18H,2,5-6,11-14H2,1H3/t17-,18+. The van der Waals surface area contributed by atoms with Crippen molar-refractivity contribution in [2.45, 2.75) is 39.2 Å². The van der Waals surface area contributed by atoms with E-state index >= 15 is 0 Å². The van der Waals surface area contributed by atoms with Crippen molar-refractivity contribution in [1.29, 1.82) is 0 Å². The van der Waals surface area contributed by atoms with Crippen molar-refractivity contribution in [3.05, 3.63) is 47.3 Å². The summed E-state index contributed by atoms with van der Waals surface area (Å²) >= 11 is 5.92. The maximum absolute atomic E-state index is 12.9. The fourth-order valence-electron chi connectivity index (χ4n) is 4.22. The van der Waals surface area contributed by atoms with Crippen molar-refractivity contribution in [2.24, 2.45) is 11.8 Å². The monoisotopic (exact) mass is 456 g/mol. The lowest BCUT2D eigenvalue weighted by Crippen LogP contribution is -2.37. The van der Waals surface area contributed by atoms with Crippen LogP contribution < -0.4 is 0 Å². The molecule has 1 aliphatic carbocycles. The number of nitrogens with zero attached hydrogens (tertiary/aromatic N) is 4. The minimum atomic E-state index is -0.279. The van der Waals surface area contributed by atoms with E-state index in [4.69, 9.17) is 16.1 Å². The van der Waals surface area contributed by atoms with E-state index in [1.54, 1.807) is 29.2 Å². The first-order valence-corrected chi connectivity index (χ1v) is 11.2. The Kier molecular flexibility index (Phi) is 6.69. The van der Waals surface area contributed by atoms with E-state index in [1.807, 2.05) is 19.1 Å². The third kappa shape index (κ3) is 4.60. The maximum atomic E-state index is 12.9. The zero-order chi connectivity index (χ0) is 22.7. The van der Waals surface area contributed by atoms with Crippen molar-refractivity contribution < 1.29 is 18.9 Å². The molecule has 2 heterocycles. The average Bonchev–Trinajstić information content (AvgIpc) is 3.36. The normalized spacial score (nSPS) is 20.0. The van der Waals surface area contributed by atoms with Crippen molar-refractivity contribution in [2.75, 3.05) is 13.1 Å². The van der Waals surface area contributed by atoms with Gasteiger partial charge in [-0.3, -0.25) is 19.3 Å². The van der Waals surface area contributed by atoms with E-state index in [1.165, 1.54) is 4.90 Å². The molecule has 9 heteroatoms. The summed E-state index contributed by atoms with van der Waals surface area (Å²) in [5.41, 5.74) is 0.764. The molecule has 0 radical (unpaired) electrons. The number of carbonyl (C=O) groups is 3. The molecule has 2 aromatic rings. The van der Waals surface area contributed by atoms with Crippen LogP contribution in [-0.2, 0) is 20.9 Å². The molecule has 0 N–H and O–H groups in total. The fourth-order valence-corrected chi connectivity index (χ4v) is 4.34. The predicted octanol–water partition coefficient (Wildman–Crippen LogP) is 3.47. The van der Waals surface area contributed by atoms with Gasteiger partial charge in [-0.2, -0.15) is 4.98 Å². The molecule has 3 amide bonds. The molecule has 2 aliphatic rings. The van der Waals surface area contributed by atoms with Crippen LogP contribution in [0.4, 0.5) is 0 Å². The molecule has 4 rings (SSSR count). The number of benzene rings is 1. The van der Waals surface area contributed by atoms with Gasteiger partial charge in [0.1, 0.15) is 0 Å². The minimum absolute atomic E-state index is 0.0720. The second kappa shape index (κ2) is 9.65. The zero-order valence-corrected chi connectivity index (χ0v) is 18.6. The number of imide groups is 1. The molecule has 1 aromatic carbocycles. The van der Waals surface area contributed by atoms with Gasteiger partial charge in [0.05, 0.1) is 18.4 Å². The molecule has 1 fully saturated rings. The molecule has 1 aliphatic heterocycles. The highest BCUT2D eigenvalue weighted by atomic mass is 35.5. The van der Waals surface area contributed by atoms with Crippen LogP contribution in [0.1, 0.15) is 38.5 Å². The molecule has 0 bridgehead atoms. The summed E-state index contributed by atoms with van der Waals surface area (Å²) in [6.07, 6.45) is 5.91. The topological polar surface area (TPSA) is 96.6 Å². The van der Waals surface area contributed by atoms with Gasteiger partial charge in [-0.1, -0.05) is 35.8 Å². The lowest BCUT2D eigenvalue weighted by molar-refractivity contribution is -0.141. The van der Waals surface area contributed by atoms with Crippen LogP contribution in [0.15, 0.2) is 40.9 Å². The highest BCUT2D eigenvalue weighted by Crippen LogP contribution is 2.35. The molecule has 1 aromatic heterocycles. The van der Waals surface area contributed by atoms with Crippen molar-refractivity contribution in [3.8, 4) is 11.4 Å². The summed E-state index contributed by atoms with van der Waals surface area (Å²) in [6, 6.07) is 7.08. The summed E-state index contributed by atoms with van der Waals surface area (Å²) in [5.74, 6) is -0.302. The smallest absolute Gasteiger partial charge is 0.246 e. The fraction of sp³-hybridized carbons (Fsp3) is 0.435. The van der Waals surface area contributed by atoms with Crippen LogP contribution >= 0.6 is 11.6 Å². The number of amides is 3. The number of aromatic nitrogens is 2. The van der Waals surface area contributed by atoms with Gasteiger partial charge in [-0.05, 0) is 43.5 Å². The van der Waals surface area contributed by atoms with E-state index in [-0.39, 0.29) is 49.1 Å². The summed E-state index contributed by atoms with van der Waals surface area (Å²) in [7, 11) is 0. The van der Waals surface area contributed by atoms with Gasteiger partial charge in [-0.25, -0.2) is 0 Å². The molecular formula is C23H25ClN4O4. The van der Waals surface area contributed by atoms with Gasteiger partial charge in [0.25, 0.3) is 0 Å². The zero-order valence-electron chi connectivity index (χ0n) is 17.9. The first-order chi connectivity index (χ1) is 15.5. The second-order valence-corrected chi connectivity index (χ2v) is 8.50. The number of hydrogen-bond acceptors (Lipinski definition) is 6. The van der Waals surface area contributed by atoms with Crippen molar-refractivity contribution >= 4 is 29.3 Å². The van der Waals surface area contributed by atoms with Gasteiger partial charge in [-0.15, -0.1) is 0 Å². The Morgan fingerprint density at radius 3 is 2.44 bits per heavy atom. The van der Waals surface area contributed by atoms with E-state index in [2.05, 4.69) is 10.1 Å². The third-order valence-corrected chi connectivity index (χ3v) is 6.14. The highest BCUT2D eigenvalue weighted by Gasteiger charge is 2.47. The largest absolute Gasteiger partial charge is 0.337 e. The number of carbonyl (C=O) groups excluding carboxylic acids is 3. The first kappa shape index (κ1) is 22.2. The van der Waals surface area contributed by atoms with E-state index in [9.17, 15) is 14.4 Å². The minimum Gasteiger partial charge on any atom is -0.337 e. The molecule has 0 unspecified atom stereocenters. The summed E-state index contributed by atoms with van der Waals surface area (Å²) in [4.78, 5) is 45.4. The molecule has 1 saturated heterocycles. The molecule has 32 heavy (non-hydrogen) atoms. The van der Waals surface area contributed by atoms with Crippen LogP contribution in [-0.4, -0.2) is 50.8 Å². The SMILES string of the molecule is CCCN(Cc1nc(-c2ccc(Cl)cc2)no1)C(=O)CCN1C(=O)[C@H]2CC=CC[C@H]2C1=O. The predicted molar refractivity (Wildman–Crippen MR) is 117 cm³/mol. The van der Waals surface area contributed by atoms with Gasteiger partial charge in [0.15, 0.2) is 0 Å². The van der Waals surface area contributed by atoms with Crippen molar-refractivity contribution in [3.63, 3.8) is 0 Å². The van der Waals surface area contributed by atoms with Crippen LogP contribution in [0.2, 0.25) is 5.02 Å². The van der Waals surface area contributed by atoms with Crippen molar-refractivity contribution in [1.82, 2.24) is 19.9 Å². The third-order valence-electron chi connectivity index (χ3n) is 5.89. The molecule has 2 atom stereocenters. The molecule has 0 saturated carbocycles. The maximum Gasteiger partial charge on any atom is 0.246 e. The summed E-state index contributed by atoms with van der Waals surface area (Å²) in [6.45, 7) is 2.75. The molecule has 8 nitrogen and oxygen atoms in total. The quantitative estimate of drug-likeness (QED) is 0.445. The lowest BCUT2D eigenvalue weighted by atomic mass is 9.85. The first-order valence-electron chi connectivity index (χ1n) is 10.8. The van der Waals surface area contributed by atoms with Gasteiger partial charge in [0.2, 0.25) is 29.4 Å². The number of hydrogen-bond donors (Lipinski definition) is 0. The van der Waals surface area contributed by atoms with E-state index < -0.39 is 0 Å². The van der Waals surface area contributed by atoms with Crippen LogP contribution in [0.5, 0.6) is 0 Å². The molecule has 168 valence electrons. The number of likely N-dealkylation sites (tertiary alicyclic amines) is 1. The van der Waals surface area contributed by atoms with E-state index in [0.717, 1.165) is 12.0 Å². The molecular weight excluding hydrogens is 432 g/mol. The Morgan fingerprint density at radius 1 is 1.16 bits per heavy atom. The Hall–Kier alpha value is -3.00. The Morgan fingerprint density at radius 2 is 1.81 bits per heavy atom. The van der Waals surface area contributed by atoms with Gasteiger partial charge >= 0.3 is 0 Å². The lowest BCUT2D eigenvalue weighted by Gasteiger charge is -2.22. The number of rotatable bonds is 8. The van der Waals surface area contributed by atoms with E-state index in [0.29, 0.717) is 36.1 Å². The van der Waals surface area contributed by atoms with Crippen LogP contribution in [0, 0.1) is 11.8 Å². The Labute approximate surface area is 191 Å². The van der Waals surface area contributed by atoms with Crippen LogP contribution in [0.3, 0.4) is 0 Å². The Bertz CT molecular complexity index is 1010. The summed E-state index contributed by atoms with van der Waals surface area (Å²) < 4.78 is 5.34. The highest BCUT2D eigenvalue weighted by molar-refractivity contribution is 6.30. The number of fused-ring (bicyclic) bond motifs is 1. The summed E-state index contributed by atoms with van der Waals surface area (Å²) in [5, 5.41) is 4.60. The Balaban J connectivity index is 1.37. The van der Waals surface area contributed by atoms with Gasteiger partial charge in [0, 0.05) is 30.1 Å². The van der Waals surface area contributed by atoms with Crippen LogP contribution in [0.25, 0.3) is 11.4 Å². The second-order valence-electron chi connectivity index (χ2n) is 8.07. The number of allylic oxidation sites excluding steroid dienone is 2. The number of halogens is 1. The molecule has 0 spiro atoms.